The molecular weight excluding hydrogens is 238 g/mol. The lowest BCUT2D eigenvalue weighted by atomic mass is 10.2. The topological polar surface area (TPSA) is 15.8 Å². The fourth-order valence-corrected chi connectivity index (χ4v) is 2.86. The number of rotatable bonds is 1. The van der Waals surface area contributed by atoms with Crippen molar-refractivity contribution in [3.63, 3.8) is 0 Å². The second-order valence-corrected chi connectivity index (χ2v) is 5.59. The van der Waals surface area contributed by atoms with Gasteiger partial charge in [-0.1, -0.05) is 23.2 Å². The Kier molecular flexibility index (Phi) is 2.27. The number of fused-ring (bicyclic) bond motifs is 1. The first-order valence-electron chi connectivity index (χ1n) is 5.07. The van der Waals surface area contributed by atoms with Crippen LogP contribution in [0.3, 0.4) is 0 Å². The molecule has 3 rings (SSSR count). The van der Waals surface area contributed by atoms with Crippen molar-refractivity contribution < 1.29 is 0 Å². The smallest absolute Gasteiger partial charge is 0.0935 e. The van der Waals surface area contributed by atoms with Crippen molar-refractivity contribution in [3.05, 3.63) is 46.3 Å². The van der Waals surface area contributed by atoms with Crippen molar-refractivity contribution in [2.75, 3.05) is 0 Å². The molecule has 0 atom stereocenters. The molecule has 0 bridgehead atoms. The molecule has 0 radical (unpaired) electrons. The van der Waals surface area contributed by atoms with Gasteiger partial charge in [-0.05, 0) is 37.3 Å². The van der Waals surface area contributed by atoms with Gasteiger partial charge in [-0.3, -0.25) is 0 Å². The van der Waals surface area contributed by atoms with Crippen molar-refractivity contribution in [2.45, 2.75) is 6.92 Å². The minimum absolute atomic E-state index is 0.824. The van der Waals surface area contributed by atoms with E-state index in [1.165, 1.54) is 21.3 Å². The molecular formula is C13H10ClNS. The normalized spacial score (nSPS) is 11.1. The molecule has 0 saturated carbocycles. The lowest BCUT2D eigenvalue weighted by molar-refractivity contribution is 1.46. The fraction of sp³-hybridized carbons (Fsp3) is 0.0769. The number of hydrogen-bond acceptors (Lipinski definition) is 1. The van der Waals surface area contributed by atoms with Crippen LogP contribution < -0.4 is 0 Å². The monoisotopic (exact) mass is 247 g/mol. The molecule has 0 saturated heterocycles. The Labute approximate surface area is 103 Å². The quantitative estimate of drug-likeness (QED) is 0.632. The predicted molar refractivity (Wildman–Crippen MR) is 71.4 cm³/mol. The van der Waals surface area contributed by atoms with Gasteiger partial charge in [-0.15, -0.1) is 11.3 Å². The summed E-state index contributed by atoms with van der Waals surface area (Å²) in [5, 5.41) is 1.25. The second kappa shape index (κ2) is 3.65. The molecule has 0 aliphatic carbocycles. The van der Waals surface area contributed by atoms with E-state index in [9.17, 15) is 0 Å². The first kappa shape index (κ1) is 9.94. The van der Waals surface area contributed by atoms with Gasteiger partial charge < -0.3 is 4.98 Å². The van der Waals surface area contributed by atoms with Crippen LogP contribution in [-0.2, 0) is 0 Å². The van der Waals surface area contributed by atoms with Crippen LogP contribution in [0.5, 0.6) is 0 Å². The minimum atomic E-state index is 0.824. The van der Waals surface area contributed by atoms with Crippen LogP contribution >= 0.6 is 22.9 Å². The molecule has 0 amide bonds. The van der Waals surface area contributed by atoms with Gasteiger partial charge >= 0.3 is 0 Å². The van der Waals surface area contributed by atoms with Gasteiger partial charge in [0.25, 0.3) is 0 Å². The van der Waals surface area contributed by atoms with Gasteiger partial charge in [0.15, 0.2) is 0 Å². The minimum Gasteiger partial charge on any atom is -0.354 e. The summed E-state index contributed by atoms with van der Waals surface area (Å²) in [6.45, 7) is 2.11. The average Bonchev–Trinajstić information content (AvgIpc) is 2.83. The van der Waals surface area contributed by atoms with Crippen molar-refractivity contribution in [1.82, 2.24) is 4.98 Å². The molecule has 3 heteroatoms. The van der Waals surface area contributed by atoms with E-state index in [0.717, 1.165) is 10.0 Å². The van der Waals surface area contributed by atoms with Crippen LogP contribution in [-0.4, -0.2) is 4.98 Å². The third-order valence-corrected chi connectivity index (χ3v) is 3.88. The number of aryl methyl sites for hydroxylation is 1. The predicted octanol–water partition coefficient (Wildman–Crippen LogP) is 4.86. The van der Waals surface area contributed by atoms with E-state index in [0.29, 0.717) is 0 Å². The van der Waals surface area contributed by atoms with Gasteiger partial charge in [0, 0.05) is 10.9 Å². The Morgan fingerprint density at radius 1 is 1.12 bits per heavy atom. The zero-order valence-electron chi connectivity index (χ0n) is 8.75. The zero-order chi connectivity index (χ0) is 11.1. The van der Waals surface area contributed by atoms with Gasteiger partial charge in [0.1, 0.15) is 0 Å². The molecule has 2 heterocycles. The SMILES string of the molecule is Cc1ccc2[nH]c(-c3ccc(Cl)s3)cc2c1. The summed E-state index contributed by atoms with van der Waals surface area (Å²) in [5.41, 5.74) is 3.59. The summed E-state index contributed by atoms with van der Waals surface area (Å²) in [6.07, 6.45) is 0. The highest BCUT2D eigenvalue weighted by Gasteiger charge is 2.05. The van der Waals surface area contributed by atoms with Crippen LogP contribution in [0.4, 0.5) is 0 Å². The number of H-pyrrole nitrogens is 1. The Bertz CT molecular complexity index is 651. The summed E-state index contributed by atoms with van der Waals surface area (Å²) in [5.74, 6) is 0. The Balaban J connectivity index is 2.18. The Morgan fingerprint density at radius 2 is 2.00 bits per heavy atom. The van der Waals surface area contributed by atoms with Crippen molar-refractivity contribution >= 4 is 33.8 Å². The summed E-state index contributed by atoms with van der Waals surface area (Å²) < 4.78 is 0.824. The third-order valence-electron chi connectivity index (χ3n) is 2.61. The molecule has 0 fully saturated rings. The van der Waals surface area contributed by atoms with Crippen LogP contribution in [0.1, 0.15) is 5.56 Å². The molecule has 1 nitrogen and oxygen atoms in total. The summed E-state index contributed by atoms with van der Waals surface area (Å²) in [4.78, 5) is 4.58. The number of aromatic nitrogens is 1. The summed E-state index contributed by atoms with van der Waals surface area (Å²) in [7, 11) is 0. The molecule has 1 aromatic carbocycles. The van der Waals surface area contributed by atoms with Gasteiger partial charge in [-0.25, -0.2) is 0 Å². The van der Waals surface area contributed by atoms with Crippen molar-refractivity contribution in [3.8, 4) is 10.6 Å². The average molecular weight is 248 g/mol. The first-order chi connectivity index (χ1) is 7.72. The molecule has 80 valence electrons. The van der Waals surface area contributed by atoms with Crippen molar-refractivity contribution in [2.24, 2.45) is 0 Å². The number of halogens is 1. The van der Waals surface area contributed by atoms with E-state index < -0.39 is 0 Å². The molecule has 0 aliphatic rings. The van der Waals surface area contributed by atoms with Crippen LogP contribution in [0, 0.1) is 6.92 Å². The number of benzene rings is 1. The zero-order valence-corrected chi connectivity index (χ0v) is 10.3. The number of nitrogens with one attached hydrogen (secondary N) is 1. The maximum absolute atomic E-state index is 5.94. The standard InChI is InChI=1S/C13H10ClNS/c1-8-2-3-10-9(6-8)7-11(15-10)12-4-5-13(14)16-12/h2-7,15H,1H3. The third kappa shape index (κ3) is 1.64. The summed E-state index contributed by atoms with van der Waals surface area (Å²) >= 11 is 7.53. The van der Waals surface area contributed by atoms with Gasteiger partial charge in [-0.2, -0.15) is 0 Å². The highest BCUT2D eigenvalue weighted by Crippen LogP contribution is 2.32. The molecule has 2 aromatic heterocycles. The molecule has 0 aliphatic heterocycles. The van der Waals surface area contributed by atoms with Gasteiger partial charge in [0.05, 0.1) is 14.9 Å². The summed E-state index contributed by atoms with van der Waals surface area (Å²) in [6, 6.07) is 12.6. The Hall–Kier alpha value is -1.25. The highest BCUT2D eigenvalue weighted by molar-refractivity contribution is 7.19. The van der Waals surface area contributed by atoms with Crippen LogP contribution in [0.25, 0.3) is 21.5 Å². The lowest BCUT2D eigenvalue weighted by Crippen LogP contribution is -1.71. The maximum atomic E-state index is 5.94. The van der Waals surface area contributed by atoms with Gasteiger partial charge in [0.2, 0.25) is 0 Å². The van der Waals surface area contributed by atoms with E-state index in [1.54, 1.807) is 11.3 Å². The largest absolute Gasteiger partial charge is 0.354 e. The van der Waals surface area contributed by atoms with E-state index in [1.807, 2.05) is 12.1 Å². The number of thiophene rings is 1. The fourth-order valence-electron chi connectivity index (χ4n) is 1.84. The Morgan fingerprint density at radius 3 is 2.75 bits per heavy atom. The molecule has 16 heavy (non-hydrogen) atoms. The van der Waals surface area contributed by atoms with Crippen LogP contribution in [0.15, 0.2) is 36.4 Å². The maximum Gasteiger partial charge on any atom is 0.0935 e. The van der Waals surface area contributed by atoms with E-state index in [2.05, 4.69) is 36.2 Å². The lowest BCUT2D eigenvalue weighted by Gasteiger charge is -1.90. The molecule has 3 aromatic rings. The van der Waals surface area contributed by atoms with E-state index >= 15 is 0 Å². The second-order valence-electron chi connectivity index (χ2n) is 3.88. The first-order valence-corrected chi connectivity index (χ1v) is 6.27. The molecule has 1 N–H and O–H groups in total. The van der Waals surface area contributed by atoms with Crippen LogP contribution in [0.2, 0.25) is 4.34 Å². The highest BCUT2D eigenvalue weighted by atomic mass is 35.5. The molecule has 0 unspecified atom stereocenters. The molecule has 0 spiro atoms. The van der Waals surface area contributed by atoms with Crippen molar-refractivity contribution in [1.29, 1.82) is 0 Å². The van der Waals surface area contributed by atoms with E-state index in [4.69, 9.17) is 11.6 Å². The number of hydrogen-bond donors (Lipinski definition) is 1. The van der Waals surface area contributed by atoms with E-state index in [-0.39, 0.29) is 0 Å². The number of aromatic amines is 1.